The van der Waals surface area contributed by atoms with Gasteiger partial charge < -0.3 is 10.1 Å². The van der Waals surface area contributed by atoms with Gasteiger partial charge >= 0.3 is 6.18 Å². The van der Waals surface area contributed by atoms with E-state index < -0.39 is 50.7 Å². The maximum absolute atomic E-state index is 14.5. The fourth-order valence-electron chi connectivity index (χ4n) is 3.13. The van der Waals surface area contributed by atoms with Gasteiger partial charge in [-0.3, -0.25) is 4.79 Å². The van der Waals surface area contributed by atoms with E-state index in [1.165, 1.54) is 7.05 Å². The van der Waals surface area contributed by atoms with Crippen molar-refractivity contribution in [2.45, 2.75) is 38.0 Å². The van der Waals surface area contributed by atoms with Crippen LogP contribution in [0.15, 0.2) is 22.4 Å². The van der Waals surface area contributed by atoms with E-state index in [-0.39, 0.29) is 43.2 Å². The zero-order chi connectivity index (χ0) is 20.4. The Bertz CT molecular complexity index is 788. The fourth-order valence-corrected chi connectivity index (χ4v) is 4.08. The SMILES string of the molecule is CNC(=O)C1=CC(Cl)=C(OCC2CCC(C(F)(F)F)CC2)C(=S(=O)=O)C1F. The van der Waals surface area contributed by atoms with Gasteiger partial charge in [0, 0.05) is 7.05 Å². The van der Waals surface area contributed by atoms with E-state index >= 15 is 0 Å². The summed E-state index contributed by atoms with van der Waals surface area (Å²) >= 11 is 5.97. The molecule has 27 heavy (non-hydrogen) atoms. The Kier molecular flexibility index (Phi) is 6.96. The molecule has 1 fully saturated rings. The van der Waals surface area contributed by atoms with Crippen LogP contribution in [0.1, 0.15) is 25.7 Å². The molecule has 5 nitrogen and oxygen atoms in total. The summed E-state index contributed by atoms with van der Waals surface area (Å²) < 4.78 is 80.9. The number of halogens is 5. The van der Waals surface area contributed by atoms with Crippen LogP contribution in [0.2, 0.25) is 0 Å². The van der Waals surface area contributed by atoms with Crippen molar-refractivity contribution in [1.82, 2.24) is 5.32 Å². The summed E-state index contributed by atoms with van der Waals surface area (Å²) in [4.78, 5) is 10.9. The highest BCUT2D eigenvalue weighted by atomic mass is 35.5. The molecule has 0 radical (unpaired) electrons. The number of ether oxygens (including phenoxy) is 1. The largest absolute Gasteiger partial charge is 0.490 e. The van der Waals surface area contributed by atoms with Gasteiger partial charge in [-0.2, -0.15) is 21.6 Å². The fraction of sp³-hybridized carbons (Fsp3) is 0.625. The molecule has 2 rings (SSSR count). The molecule has 0 saturated heterocycles. The van der Waals surface area contributed by atoms with Crippen molar-refractivity contribution in [1.29, 1.82) is 0 Å². The van der Waals surface area contributed by atoms with E-state index in [4.69, 9.17) is 16.3 Å². The summed E-state index contributed by atoms with van der Waals surface area (Å²) in [6.07, 6.45) is -5.07. The Hall–Kier alpha value is -1.55. The smallest absolute Gasteiger partial charge is 0.391 e. The normalized spacial score (nSPS) is 26.5. The van der Waals surface area contributed by atoms with Crippen LogP contribution in [0.5, 0.6) is 0 Å². The number of amides is 1. The maximum atomic E-state index is 14.5. The molecule has 1 saturated carbocycles. The molecule has 0 aliphatic heterocycles. The molecule has 1 N–H and O–H groups in total. The zero-order valence-electron chi connectivity index (χ0n) is 14.3. The molecule has 152 valence electrons. The van der Waals surface area contributed by atoms with Crippen LogP contribution in [-0.4, -0.2) is 45.2 Å². The highest BCUT2D eigenvalue weighted by Gasteiger charge is 2.42. The molecule has 0 spiro atoms. The number of alkyl halides is 4. The number of likely N-dealkylation sites (N-methyl/N-ethyl adjacent to an activating group) is 1. The summed E-state index contributed by atoms with van der Waals surface area (Å²) in [5.41, 5.74) is -0.472. The van der Waals surface area contributed by atoms with Gasteiger partial charge in [0.1, 0.15) is 0 Å². The molecular weight excluding hydrogens is 414 g/mol. The lowest BCUT2D eigenvalue weighted by Gasteiger charge is -2.30. The number of allylic oxidation sites excluding steroid dienone is 3. The first-order valence-corrected chi connectivity index (χ1v) is 9.65. The van der Waals surface area contributed by atoms with Crippen molar-refractivity contribution in [3.63, 3.8) is 0 Å². The Labute approximate surface area is 159 Å². The molecule has 11 heteroatoms. The van der Waals surface area contributed by atoms with Crippen molar-refractivity contribution in [2.75, 3.05) is 13.7 Å². The lowest BCUT2D eigenvalue weighted by atomic mass is 9.82. The molecule has 1 amide bonds. The number of hydrogen-bond acceptors (Lipinski definition) is 4. The summed E-state index contributed by atoms with van der Waals surface area (Å²) in [6.45, 7) is -0.0906. The number of rotatable bonds is 4. The first-order chi connectivity index (χ1) is 12.6. The minimum absolute atomic E-state index is 0.0409. The van der Waals surface area contributed by atoms with Crippen molar-refractivity contribution in [2.24, 2.45) is 11.8 Å². The average Bonchev–Trinajstić information content (AvgIpc) is 2.60. The van der Waals surface area contributed by atoms with Crippen molar-refractivity contribution < 1.29 is 35.5 Å². The van der Waals surface area contributed by atoms with Crippen LogP contribution >= 0.6 is 11.6 Å². The molecular formula is C16H18ClF4NO4S. The topological polar surface area (TPSA) is 72.5 Å². The molecule has 0 aromatic carbocycles. The summed E-state index contributed by atoms with van der Waals surface area (Å²) in [6, 6.07) is 0. The number of hydrogen-bond donors (Lipinski definition) is 1. The van der Waals surface area contributed by atoms with E-state index in [2.05, 4.69) is 5.32 Å². The second kappa shape index (κ2) is 8.64. The van der Waals surface area contributed by atoms with Crippen LogP contribution < -0.4 is 5.32 Å². The first kappa shape index (κ1) is 21.7. The van der Waals surface area contributed by atoms with Crippen LogP contribution in [0, 0.1) is 11.8 Å². The van der Waals surface area contributed by atoms with Gasteiger partial charge in [0.25, 0.3) is 0 Å². The molecule has 2 aliphatic rings. The van der Waals surface area contributed by atoms with Gasteiger partial charge in [0.2, 0.25) is 16.2 Å². The van der Waals surface area contributed by atoms with Gasteiger partial charge in [-0.25, -0.2) is 4.39 Å². The Balaban J connectivity index is 2.14. The highest BCUT2D eigenvalue weighted by molar-refractivity contribution is 7.73. The van der Waals surface area contributed by atoms with E-state index in [1.807, 2.05) is 0 Å². The molecule has 1 atom stereocenters. The van der Waals surface area contributed by atoms with Gasteiger partial charge in [-0.1, -0.05) is 11.6 Å². The van der Waals surface area contributed by atoms with Gasteiger partial charge in [0.05, 0.1) is 23.1 Å². The van der Waals surface area contributed by atoms with Crippen molar-refractivity contribution in [3.8, 4) is 0 Å². The van der Waals surface area contributed by atoms with E-state index in [0.29, 0.717) is 0 Å². The predicted octanol–water partition coefficient (Wildman–Crippen LogP) is 2.90. The summed E-state index contributed by atoms with van der Waals surface area (Å²) in [5.74, 6) is -2.82. The zero-order valence-corrected chi connectivity index (χ0v) is 15.8. The van der Waals surface area contributed by atoms with Crippen LogP contribution in [-0.2, 0) is 19.8 Å². The second-order valence-corrected chi connectivity index (χ2v) is 7.70. The Morgan fingerprint density at radius 1 is 1.30 bits per heavy atom. The Morgan fingerprint density at radius 3 is 2.37 bits per heavy atom. The van der Waals surface area contributed by atoms with Crippen molar-refractivity contribution in [3.05, 3.63) is 22.4 Å². The van der Waals surface area contributed by atoms with Crippen LogP contribution in [0.4, 0.5) is 17.6 Å². The average molecular weight is 432 g/mol. The van der Waals surface area contributed by atoms with E-state index in [1.54, 1.807) is 0 Å². The maximum Gasteiger partial charge on any atom is 0.391 e. The lowest BCUT2D eigenvalue weighted by Crippen LogP contribution is -2.35. The van der Waals surface area contributed by atoms with E-state index in [9.17, 15) is 30.8 Å². The molecule has 0 aromatic rings. The molecule has 0 bridgehead atoms. The van der Waals surface area contributed by atoms with Gasteiger partial charge in [0.15, 0.2) is 16.8 Å². The molecule has 0 aromatic heterocycles. The number of carbonyl (C=O) groups excluding carboxylic acids is 1. The number of nitrogens with one attached hydrogen (secondary N) is 1. The summed E-state index contributed by atoms with van der Waals surface area (Å²) in [5, 5.41) is 1.93. The van der Waals surface area contributed by atoms with Gasteiger partial charge in [-0.15, -0.1) is 0 Å². The Morgan fingerprint density at radius 2 is 1.89 bits per heavy atom. The first-order valence-electron chi connectivity index (χ1n) is 8.19. The molecule has 1 unspecified atom stereocenters. The third-order valence-electron chi connectivity index (χ3n) is 4.67. The summed E-state index contributed by atoms with van der Waals surface area (Å²) in [7, 11) is -1.79. The minimum Gasteiger partial charge on any atom is -0.490 e. The molecule has 0 heterocycles. The highest BCUT2D eigenvalue weighted by Crippen LogP contribution is 2.40. The third-order valence-corrected chi connectivity index (χ3v) is 5.70. The second-order valence-electron chi connectivity index (χ2n) is 6.39. The minimum atomic E-state index is -4.23. The van der Waals surface area contributed by atoms with Crippen molar-refractivity contribution >= 4 is 32.7 Å². The monoisotopic (exact) mass is 431 g/mol. The number of carbonyl (C=O) groups is 1. The van der Waals surface area contributed by atoms with E-state index in [0.717, 1.165) is 6.08 Å². The van der Waals surface area contributed by atoms with Gasteiger partial charge in [-0.05, 0) is 37.7 Å². The lowest BCUT2D eigenvalue weighted by molar-refractivity contribution is -0.184. The predicted molar refractivity (Wildman–Crippen MR) is 91.3 cm³/mol. The quantitative estimate of drug-likeness (QED) is 0.549. The van der Waals surface area contributed by atoms with Crippen LogP contribution in [0.3, 0.4) is 0 Å². The standard InChI is InChI=1S/C16H18ClF4NO4S/c1-22-15(23)10-6-11(17)13(14(12(10)18)27(24)25)26-7-8-2-4-9(5-3-8)16(19,20)21/h6,8-9,12H,2-5,7H2,1H3,(H,22,23). The van der Waals surface area contributed by atoms with Crippen LogP contribution in [0.25, 0.3) is 0 Å². The molecule has 2 aliphatic carbocycles. The third kappa shape index (κ3) is 5.04.